The molecule has 1 rings (SSSR count). The minimum atomic E-state index is 0.686. The van der Waals surface area contributed by atoms with Gasteiger partial charge in [0, 0.05) is 6.54 Å². The molecular formula is C11H16NO. The minimum absolute atomic E-state index is 0.686. The molecule has 0 amide bonds. The normalized spacial score (nSPS) is 10.7. The monoisotopic (exact) mass is 178 g/mol. The van der Waals surface area contributed by atoms with Gasteiger partial charge < -0.3 is 9.64 Å². The summed E-state index contributed by atoms with van der Waals surface area (Å²) in [5.74, 6) is 0. The van der Waals surface area contributed by atoms with Gasteiger partial charge in [0.05, 0.1) is 13.2 Å². The van der Waals surface area contributed by atoms with Gasteiger partial charge in [-0.3, -0.25) is 0 Å². The summed E-state index contributed by atoms with van der Waals surface area (Å²) < 4.78 is 5.47. The summed E-state index contributed by atoms with van der Waals surface area (Å²) >= 11 is 0. The quantitative estimate of drug-likeness (QED) is 0.634. The highest BCUT2D eigenvalue weighted by atomic mass is 16.5. The Balaban J connectivity index is 2.13. The van der Waals surface area contributed by atoms with Crippen LogP contribution in [0.3, 0.4) is 0 Å². The molecule has 71 valence electrons. The maximum atomic E-state index is 5.47. The lowest BCUT2D eigenvalue weighted by molar-refractivity contribution is 0.105. The maximum Gasteiger partial charge on any atom is 0.0717 e. The van der Waals surface area contributed by atoms with Crippen LogP contribution in [0, 0.1) is 6.07 Å². The van der Waals surface area contributed by atoms with E-state index in [2.05, 4.69) is 11.0 Å². The number of nitrogens with zero attached hydrogens (tertiary/aromatic N) is 1. The highest BCUT2D eigenvalue weighted by Crippen LogP contribution is 1.99. The Morgan fingerprint density at radius 1 is 1.46 bits per heavy atom. The molecule has 0 bridgehead atoms. The van der Waals surface area contributed by atoms with Gasteiger partial charge >= 0.3 is 0 Å². The molecule has 1 aromatic carbocycles. The van der Waals surface area contributed by atoms with Crippen LogP contribution in [-0.2, 0) is 11.3 Å². The van der Waals surface area contributed by atoms with Gasteiger partial charge in [0.1, 0.15) is 0 Å². The van der Waals surface area contributed by atoms with E-state index in [1.165, 1.54) is 5.56 Å². The van der Waals surface area contributed by atoms with E-state index in [0.717, 1.165) is 13.2 Å². The second-order valence-electron chi connectivity index (χ2n) is 3.27. The van der Waals surface area contributed by atoms with Crippen molar-refractivity contribution in [1.29, 1.82) is 0 Å². The second-order valence-corrected chi connectivity index (χ2v) is 3.27. The molecule has 0 spiro atoms. The Kier molecular flexibility index (Phi) is 4.50. The fraction of sp³-hybridized carbons (Fsp3) is 0.455. The first-order valence-corrected chi connectivity index (χ1v) is 4.46. The molecule has 2 heteroatoms. The topological polar surface area (TPSA) is 12.5 Å². The fourth-order valence-corrected chi connectivity index (χ4v) is 0.957. The number of rotatable bonds is 5. The van der Waals surface area contributed by atoms with E-state index >= 15 is 0 Å². The van der Waals surface area contributed by atoms with Gasteiger partial charge in [0.25, 0.3) is 0 Å². The zero-order chi connectivity index (χ0) is 9.52. The lowest BCUT2D eigenvalue weighted by Gasteiger charge is -2.09. The van der Waals surface area contributed by atoms with Gasteiger partial charge in [0.2, 0.25) is 0 Å². The fourth-order valence-electron chi connectivity index (χ4n) is 0.957. The highest BCUT2D eigenvalue weighted by molar-refractivity contribution is 5.12. The van der Waals surface area contributed by atoms with Crippen LogP contribution >= 0.6 is 0 Å². The average Bonchev–Trinajstić information content (AvgIpc) is 2.14. The molecule has 0 saturated carbocycles. The summed E-state index contributed by atoms with van der Waals surface area (Å²) in [6, 6.07) is 10.9. The third-order valence-electron chi connectivity index (χ3n) is 1.72. The van der Waals surface area contributed by atoms with Crippen molar-refractivity contribution in [3.05, 3.63) is 35.9 Å². The third kappa shape index (κ3) is 4.65. The maximum absolute atomic E-state index is 5.47. The number of benzene rings is 1. The molecule has 13 heavy (non-hydrogen) atoms. The van der Waals surface area contributed by atoms with Gasteiger partial charge in [-0.05, 0) is 31.8 Å². The lowest BCUT2D eigenvalue weighted by atomic mass is 10.2. The van der Waals surface area contributed by atoms with Gasteiger partial charge in [-0.2, -0.15) is 0 Å². The molecule has 1 radical (unpaired) electrons. The van der Waals surface area contributed by atoms with E-state index < -0.39 is 0 Å². The third-order valence-corrected chi connectivity index (χ3v) is 1.72. The summed E-state index contributed by atoms with van der Waals surface area (Å²) in [4.78, 5) is 2.11. The van der Waals surface area contributed by atoms with Crippen LogP contribution in [0.4, 0.5) is 0 Å². The largest absolute Gasteiger partial charge is 0.375 e. The number of hydrogen-bond donors (Lipinski definition) is 0. The van der Waals surface area contributed by atoms with Crippen LogP contribution < -0.4 is 0 Å². The van der Waals surface area contributed by atoms with Crippen molar-refractivity contribution in [3.8, 4) is 0 Å². The van der Waals surface area contributed by atoms with E-state index in [1.54, 1.807) is 0 Å². The molecule has 0 fully saturated rings. The molecule has 0 aromatic heterocycles. The van der Waals surface area contributed by atoms with Crippen LogP contribution in [0.1, 0.15) is 5.56 Å². The Hall–Kier alpha value is -0.860. The predicted molar refractivity (Wildman–Crippen MR) is 53.5 cm³/mol. The summed E-state index contributed by atoms with van der Waals surface area (Å²) in [5.41, 5.74) is 1.18. The van der Waals surface area contributed by atoms with Crippen LogP contribution in [0.25, 0.3) is 0 Å². The van der Waals surface area contributed by atoms with Crippen molar-refractivity contribution in [3.63, 3.8) is 0 Å². The molecule has 0 unspecified atom stereocenters. The van der Waals surface area contributed by atoms with Gasteiger partial charge in [0.15, 0.2) is 0 Å². The number of likely N-dealkylation sites (N-methyl/N-ethyl adjacent to an activating group) is 1. The Morgan fingerprint density at radius 2 is 2.31 bits per heavy atom. The van der Waals surface area contributed by atoms with Gasteiger partial charge in [-0.15, -0.1) is 0 Å². The van der Waals surface area contributed by atoms with E-state index in [9.17, 15) is 0 Å². The zero-order valence-corrected chi connectivity index (χ0v) is 8.29. The molecule has 0 atom stereocenters. The summed E-state index contributed by atoms with van der Waals surface area (Å²) in [7, 11) is 4.08. The summed E-state index contributed by atoms with van der Waals surface area (Å²) in [5, 5.41) is 0. The molecule has 0 aliphatic rings. The van der Waals surface area contributed by atoms with Crippen molar-refractivity contribution < 1.29 is 4.74 Å². The first-order valence-electron chi connectivity index (χ1n) is 4.46. The minimum Gasteiger partial charge on any atom is -0.375 e. The molecule has 0 aliphatic heterocycles. The molecule has 0 saturated heterocycles. The van der Waals surface area contributed by atoms with Crippen molar-refractivity contribution in [1.82, 2.24) is 4.90 Å². The molecule has 0 N–H and O–H groups in total. The van der Waals surface area contributed by atoms with Gasteiger partial charge in [-0.1, -0.05) is 18.2 Å². The SMILES string of the molecule is CN(C)CCOCc1c[c]ccc1. The molecule has 2 nitrogen and oxygen atoms in total. The van der Waals surface area contributed by atoms with Crippen LogP contribution in [0.15, 0.2) is 24.3 Å². The van der Waals surface area contributed by atoms with Crippen LogP contribution in [0.2, 0.25) is 0 Å². The highest BCUT2D eigenvalue weighted by Gasteiger charge is 1.92. The smallest absolute Gasteiger partial charge is 0.0717 e. The summed E-state index contributed by atoms with van der Waals surface area (Å²) in [6.45, 7) is 2.43. The zero-order valence-electron chi connectivity index (χ0n) is 8.29. The summed E-state index contributed by atoms with van der Waals surface area (Å²) in [6.07, 6.45) is 0. The van der Waals surface area contributed by atoms with E-state index in [1.807, 2.05) is 38.4 Å². The first-order chi connectivity index (χ1) is 6.29. The van der Waals surface area contributed by atoms with E-state index in [-0.39, 0.29) is 0 Å². The van der Waals surface area contributed by atoms with Gasteiger partial charge in [-0.25, -0.2) is 0 Å². The Labute approximate surface area is 80.1 Å². The lowest BCUT2D eigenvalue weighted by Crippen LogP contribution is -2.17. The van der Waals surface area contributed by atoms with Crippen LogP contribution in [0.5, 0.6) is 0 Å². The molecular weight excluding hydrogens is 162 g/mol. The molecule has 0 aliphatic carbocycles. The average molecular weight is 178 g/mol. The van der Waals surface area contributed by atoms with E-state index in [0.29, 0.717) is 6.61 Å². The standard InChI is InChI=1S/C11H16NO/c1-12(2)8-9-13-10-11-6-4-3-5-7-11/h3-4,6-7H,8-10H2,1-2H3. The molecule has 0 heterocycles. The van der Waals surface area contributed by atoms with Crippen molar-refractivity contribution in [2.75, 3.05) is 27.2 Å². The van der Waals surface area contributed by atoms with Crippen molar-refractivity contribution in [2.45, 2.75) is 6.61 Å². The predicted octanol–water partition coefficient (Wildman–Crippen LogP) is 1.56. The first kappa shape index (κ1) is 10.2. The van der Waals surface area contributed by atoms with Crippen molar-refractivity contribution in [2.24, 2.45) is 0 Å². The van der Waals surface area contributed by atoms with Crippen molar-refractivity contribution >= 4 is 0 Å². The Morgan fingerprint density at radius 3 is 2.92 bits per heavy atom. The van der Waals surface area contributed by atoms with E-state index in [4.69, 9.17) is 4.74 Å². The number of hydrogen-bond acceptors (Lipinski definition) is 2. The Bertz CT molecular complexity index is 221. The number of ether oxygens (including phenoxy) is 1. The molecule has 1 aromatic rings. The second kappa shape index (κ2) is 5.73. The van der Waals surface area contributed by atoms with Crippen LogP contribution in [-0.4, -0.2) is 32.1 Å².